The van der Waals surface area contributed by atoms with E-state index in [1.54, 1.807) is 28.4 Å². The maximum absolute atomic E-state index is 13.7. The minimum absolute atomic E-state index is 0.0953. The lowest BCUT2D eigenvalue weighted by Gasteiger charge is -2.32. The number of para-hydroxylation sites is 1. The minimum atomic E-state index is -0.466. The first-order valence-electron chi connectivity index (χ1n) is 10.3. The highest BCUT2D eigenvalue weighted by Crippen LogP contribution is 2.30. The fourth-order valence-corrected chi connectivity index (χ4v) is 4.43. The average molecular weight is 441 g/mol. The van der Waals surface area contributed by atoms with Crippen LogP contribution in [0.1, 0.15) is 35.0 Å². The Labute approximate surface area is 185 Å². The summed E-state index contributed by atoms with van der Waals surface area (Å²) in [5, 5.41) is 4.20. The molecule has 6 nitrogen and oxygen atoms in total. The summed E-state index contributed by atoms with van der Waals surface area (Å²) in [6.07, 6.45) is 3.69. The second-order valence-corrected chi connectivity index (χ2v) is 8.96. The number of ether oxygens (including phenoxy) is 1. The zero-order valence-electron chi connectivity index (χ0n) is 17.6. The number of nitrogens with one attached hydrogen (secondary N) is 1. The van der Waals surface area contributed by atoms with Crippen LogP contribution in [-0.4, -0.2) is 40.5 Å². The van der Waals surface area contributed by atoms with Gasteiger partial charge in [-0.25, -0.2) is 9.37 Å². The number of amides is 1. The van der Waals surface area contributed by atoms with Gasteiger partial charge in [0.15, 0.2) is 23.3 Å². The predicted octanol–water partition coefficient (Wildman–Crippen LogP) is 4.82. The van der Waals surface area contributed by atoms with Gasteiger partial charge in [0.1, 0.15) is 0 Å². The van der Waals surface area contributed by atoms with Gasteiger partial charge < -0.3 is 15.0 Å². The molecule has 0 spiro atoms. The maximum Gasteiger partial charge on any atom is 0.260 e. The molecular formula is C23H25FN4O2S. The Morgan fingerprint density at radius 1 is 1.32 bits per heavy atom. The monoisotopic (exact) mass is 440 g/mol. The van der Waals surface area contributed by atoms with Gasteiger partial charge in [-0.1, -0.05) is 12.1 Å². The summed E-state index contributed by atoms with van der Waals surface area (Å²) in [6, 6.07) is 10.1. The molecule has 1 aliphatic rings. The Bertz CT molecular complexity index is 1070. The predicted molar refractivity (Wildman–Crippen MR) is 120 cm³/mol. The van der Waals surface area contributed by atoms with Crippen molar-refractivity contribution in [2.24, 2.45) is 0 Å². The number of benzene rings is 1. The zero-order valence-corrected chi connectivity index (χ0v) is 18.4. The Morgan fingerprint density at radius 3 is 2.94 bits per heavy atom. The molecule has 1 saturated heterocycles. The molecule has 0 unspecified atom stereocenters. The van der Waals surface area contributed by atoms with Crippen LogP contribution in [0.25, 0.3) is 0 Å². The smallest absolute Gasteiger partial charge is 0.260 e. The molecule has 0 radical (unpaired) electrons. The number of likely N-dealkylation sites (tertiary alicyclic amines) is 1. The average Bonchev–Trinajstić information content (AvgIpc) is 3.17. The van der Waals surface area contributed by atoms with Crippen LogP contribution in [-0.2, 0) is 4.79 Å². The molecule has 1 amide bonds. The van der Waals surface area contributed by atoms with Crippen LogP contribution in [0.5, 0.6) is 5.75 Å². The Hall–Kier alpha value is -3.00. The van der Waals surface area contributed by atoms with Crippen molar-refractivity contribution in [3.05, 3.63) is 64.7 Å². The first kappa shape index (κ1) is 21.2. The quantitative estimate of drug-likeness (QED) is 0.595. The van der Waals surface area contributed by atoms with Gasteiger partial charge in [-0.15, -0.1) is 11.3 Å². The second-order valence-electron chi connectivity index (χ2n) is 7.72. The Morgan fingerprint density at radius 2 is 2.16 bits per heavy atom. The summed E-state index contributed by atoms with van der Waals surface area (Å²) in [4.78, 5) is 24.7. The third-order valence-electron chi connectivity index (χ3n) is 5.23. The van der Waals surface area contributed by atoms with Crippen LogP contribution in [0, 0.1) is 19.7 Å². The highest BCUT2D eigenvalue weighted by atomic mass is 32.1. The van der Waals surface area contributed by atoms with Crippen molar-refractivity contribution >= 4 is 28.1 Å². The normalized spacial score (nSPS) is 16.2. The molecule has 3 aromatic rings. The Balaban J connectivity index is 1.42. The van der Waals surface area contributed by atoms with Crippen molar-refractivity contribution in [3.63, 3.8) is 0 Å². The number of hydrogen-bond donors (Lipinski definition) is 1. The number of rotatable bonds is 6. The van der Waals surface area contributed by atoms with Crippen LogP contribution < -0.4 is 10.1 Å². The van der Waals surface area contributed by atoms with Crippen molar-refractivity contribution in [3.8, 4) is 5.75 Å². The molecule has 1 N–H and O–H groups in total. The molecular weight excluding hydrogens is 415 g/mol. The summed E-state index contributed by atoms with van der Waals surface area (Å²) in [5.74, 6) is -0.369. The molecule has 0 aliphatic carbocycles. The lowest BCUT2D eigenvalue weighted by Crippen LogP contribution is -2.41. The van der Waals surface area contributed by atoms with Gasteiger partial charge in [0.05, 0.1) is 0 Å². The van der Waals surface area contributed by atoms with Gasteiger partial charge in [-0.05, 0) is 51.0 Å². The molecule has 3 heterocycles. The van der Waals surface area contributed by atoms with Crippen LogP contribution >= 0.6 is 11.3 Å². The molecule has 2 aromatic heterocycles. The molecule has 31 heavy (non-hydrogen) atoms. The molecule has 0 saturated carbocycles. The van der Waals surface area contributed by atoms with Crippen LogP contribution in [0.15, 0.2) is 42.6 Å². The van der Waals surface area contributed by atoms with E-state index < -0.39 is 5.82 Å². The molecule has 1 fully saturated rings. The van der Waals surface area contributed by atoms with Crippen LogP contribution in [0.4, 0.5) is 15.2 Å². The van der Waals surface area contributed by atoms with Crippen molar-refractivity contribution in [2.45, 2.75) is 32.6 Å². The fraction of sp³-hybridized carbons (Fsp3) is 0.348. The minimum Gasteiger partial charge on any atom is -0.481 e. The SMILES string of the molecule is Cc1cc(Nc2ncc(C)s2)cc([C@@H]2CCCN(C(=O)COc3ccccc3F)C2)n1. The van der Waals surface area contributed by atoms with Gasteiger partial charge in [-0.2, -0.15) is 0 Å². The molecule has 1 aliphatic heterocycles. The topological polar surface area (TPSA) is 67.4 Å². The summed E-state index contributed by atoms with van der Waals surface area (Å²) >= 11 is 1.60. The number of carbonyl (C=O) groups excluding carboxylic acids is 1. The van der Waals surface area contributed by atoms with Gasteiger partial charge in [0, 0.05) is 47.2 Å². The lowest BCUT2D eigenvalue weighted by molar-refractivity contribution is -0.134. The van der Waals surface area contributed by atoms with Crippen molar-refractivity contribution in [1.29, 1.82) is 0 Å². The molecule has 0 bridgehead atoms. The number of aryl methyl sites for hydroxylation is 2. The van der Waals surface area contributed by atoms with E-state index in [2.05, 4.69) is 10.3 Å². The van der Waals surface area contributed by atoms with E-state index in [1.807, 2.05) is 32.2 Å². The van der Waals surface area contributed by atoms with Crippen molar-refractivity contribution in [1.82, 2.24) is 14.9 Å². The molecule has 1 atom stereocenters. The molecule has 8 heteroatoms. The van der Waals surface area contributed by atoms with Gasteiger partial charge in [0.2, 0.25) is 0 Å². The van der Waals surface area contributed by atoms with Gasteiger partial charge in [0.25, 0.3) is 5.91 Å². The van der Waals surface area contributed by atoms with E-state index >= 15 is 0 Å². The van der Waals surface area contributed by atoms with Crippen molar-refractivity contribution < 1.29 is 13.9 Å². The number of nitrogens with zero attached hydrogens (tertiary/aromatic N) is 3. The number of hydrogen-bond acceptors (Lipinski definition) is 6. The van der Waals surface area contributed by atoms with Crippen molar-refractivity contribution in [2.75, 3.05) is 25.0 Å². The standard InChI is InChI=1S/C23H25FN4O2S/c1-15-10-18(27-23-25-12-16(2)31-23)11-20(26-15)17-6-5-9-28(13-17)22(29)14-30-21-8-4-3-7-19(21)24/h3-4,7-8,10-12,17H,5-6,9,13-14H2,1-2H3,(H,25,26,27)/t17-/m1/s1. The number of pyridine rings is 1. The van der Waals surface area contributed by atoms with E-state index in [-0.39, 0.29) is 24.2 Å². The fourth-order valence-electron chi connectivity index (χ4n) is 3.75. The summed E-state index contributed by atoms with van der Waals surface area (Å²) < 4.78 is 19.1. The van der Waals surface area contributed by atoms with E-state index in [1.165, 1.54) is 12.1 Å². The third-order valence-corrected chi connectivity index (χ3v) is 6.05. The second kappa shape index (κ2) is 9.43. The number of piperidine rings is 1. The summed E-state index contributed by atoms with van der Waals surface area (Å²) in [6.45, 7) is 5.06. The van der Waals surface area contributed by atoms with Crippen LogP contribution in [0.3, 0.4) is 0 Å². The zero-order chi connectivity index (χ0) is 21.8. The molecule has 162 valence electrons. The highest BCUT2D eigenvalue weighted by Gasteiger charge is 2.26. The first-order valence-corrected chi connectivity index (χ1v) is 11.1. The number of halogens is 1. The number of anilines is 2. The largest absolute Gasteiger partial charge is 0.481 e. The lowest BCUT2D eigenvalue weighted by atomic mass is 9.93. The highest BCUT2D eigenvalue weighted by molar-refractivity contribution is 7.15. The number of carbonyl (C=O) groups is 1. The molecule has 1 aromatic carbocycles. The first-order chi connectivity index (χ1) is 15.0. The molecule has 4 rings (SSSR count). The maximum atomic E-state index is 13.7. The van der Waals surface area contributed by atoms with E-state index in [9.17, 15) is 9.18 Å². The number of thiazole rings is 1. The third kappa shape index (κ3) is 5.38. The van der Waals surface area contributed by atoms with Crippen LogP contribution in [0.2, 0.25) is 0 Å². The van der Waals surface area contributed by atoms with Gasteiger partial charge in [-0.3, -0.25) is 9.78 Å². The summed E-state index contributed by atoms with van der Waals surface area (Å²) in [5.41, 5.74) is 2.83. The van der Waals surface area contributed by atoms with E-state index in [4.69, 9.17) is 9.72 Å². The van der Waals surface area contributed by atoms with E-state index in [0.717, 1.165) is 39.9 Å². The summed E-state index contributed by atoms with van der Waals surface area (Å²) in [7, 11) is 0. The number of aromatic nitrogens is 2. The van der Waals surface area contributed by atoms with Gasteiger partial charge >= 0.3 is 0 Å². The van der Waals surface area contributed by atoms with E-state index in [0.29, 0.717) is 13.1 Å². The Kier molecular flexibility index (Phi) is 6.46.